The van der Waals surface area contributed by atoms with Crippen LogP contribution in [0.5, 0.6) is 0 Å². The van der Waals surface area contributed by atoms with Crippen molar-refractivity contribution in [3.63, 3.8) is 0 Å². The van der Waals surface area contributed by atoms with Crippen molar-refractivity contribution in [1.29, 1.82) is 0 Å². The van der Waals surface area contributed by atoms with Gasteiger partial charge in [0.25, 0.3) is 0 Å². The van der Waals surface area contributed by atoms with Crippen molar-refractivity contribution in [2.45, 2.75) is 155 Å². The van der Waals surface area contributed by atoms with E-state index in [9.17, 15) is 9.90 Å². The maximum absolute atomic E-state index is 11.9. The summed E-state index contributed by atoms with van der Waals surface area (Å²) in [6, 6.07) is 0. The van der Waals surface area contributed by atoms with E-state index in [1.165, 1.54) is 51.9 Å². The molecule has 10 unspecified atom stereocenters. The minimum Gasteiger partial charge on any atom is -0.490 e. The van der Waals surface area contributed by atoms with Crippen LogP contribution in [0.25, 0.3) is 0 Å². The minimum atomic E-state index is -0.869. The Hall–Kier alpha value is -1.52. The molecule has 47 heavy (non-hydrogen) atoms. The average Bonchev–Trinajstić information content (AvgIpc) is 3.77. The molecule has 1 N–H and O–H groups in total. The van der Waals surface area contributed by atoms with Crippen LogP contribution in [0.3, 0.4) is 0 Å². The lowest BCUT2D eigenvalue weighted by Crippen LogP contribution is -2.41. The van der Waals surface area contributed by atoms with E-state index in [1.54, 1.807) is 0 Å². The van der Waals surface area contributed by atoms with Crippen LogP contribution < -0.4 is 0 Å². The molecule has 3 fully saturated rings. The average molecular weight is 671 g/mol. The molecule has 1 heterocycles. The summed E-state index contributed by atoms with van der Waals surface area (Å²) in [6.07, 6.45) is 24.9. The Morgan fingerprint density at radius 1 is 1.11 bits per heavy atom. The molecular formula is C42H67ClO4. The lowest BCUT2D eigenvalue weighted by Gasteiger charge is -2.42. The Labute approximate surface area is 292 Å². The second kappa shape index (κ2) is 17.4. The Bertz CT molecular complexity index is 1110. The molecule has 5 heteroatoms. The maximum Gasteiger partial charge on any atom is 0.302 e. The molecule has 4 rings (SSSR count). The van der Waals surface area contributed by atoms with Gasteiger partial charge in [-0.15, -0.1) is 11.6 Å². The van der Waals surface area contributed by atoms with E-state index in [0.29, 0.717) is 48.7 Å². The molecule has 10 atom stereocenters. The highest BCUT2D eigenvalue weighted by molar-refractivity contribution is 6.20. The summed E-state index contributed by atoms with van der Waals surface area (Å²) in [7, 11) is 0. The normalized spacial score (nSPS) is 34.1. The van der Waals surface area contributed by atoms with Crippen LogP contribution in [0.2, 0.25) is 0 Å². The molecule has 0 amide bonds. The van der Waals surface area contributed by atoms with Gasteiger partial charge >= 0.3 is 5.97 Å². The van der Waals surface area contributed by atoms with Gasteiger partial charge in [-0.05, 0) is 106 Å². The molecule has 4 aliphatic rings. The summed E-state index contributed by atoms with van der Waals surface area (Å²) in [5.74, 6) is 5.19. The zero-order valence-electron chi connectivity index (χ0n) is 30.8. The number of hydrogen-bond donors (Lipinski definition) is 1. The van der Waals surface area contributed by atoms with Crippen molar-refractivity contribution in [2.75, 3.05) is 0 Å². The van der Waals surface area contributed by atoms with Gasteiger partial charge in [0.15, 0.2) is 0 Å². The number of halogens is 1. The predicted octanol–water partition coefficient (Wildman–Crippen LogP) is 11.0. The van der Waals surface area contributed by atoms with Crippen LogP contribution in [0.15, 0.2) is 48.3 Å². The molecule has 0 aromatic rings. The van der Waals surface area contributed by atoms with Crippen molar-refractivity contribution >= 4 is 17.6 Å². The summed E-state index contributed by atoms with van der Waals surface area (Å²) >= 11 is 7.30. The Kier molecular flexibility index (Phi) is 14.2. The zero-order valence-corrected chi connectivity index (χ0v) is 31.5. The van der Waals surface area contributed by atoms with Gasteiger partial charge in [-0.25, -0.2) is 0 Å². The first-order valence-electron chi connectivity index (χ1n) is 19.2. The number of rotatable bonds is 13. The fourth-order valence-electron chi connectivity index (χ4n) is 9.13. The number of alkyl halides is 1. The van der Waals surface area contributed by atoms with E-state index in [1.807, 2.05) is 6.92 Å². The Morgan fingerprint density at radius 3 is 2.34 bits per heavy atom. The van der Waals surface area contributed by atoms with Gasteiger partial charge in [0.05, 0.1) is 11.4 Å². The van der Waals surface area contributed by atoms with Crippen molar-refractivity contribution in [1.82, 2.24) is 0 Å². The van der Waals surface area contributed by atoms with Gasteiger partial charge in [-0.2, -0.15) is 0 Å². The van der Waals surface area contributed by atoms with Crippen molar-refractivity contribution in [3.8, 4) is 0 Å². The summed E-state index contributed by atoms with van der Waals surface area (Å²) in [5.41, 5.74) is 0.254. The van der Waals surface area contributed by atoms with E-state index >= 15 is 0 Å². The van der Waals surface area contributed by atoms with Gasteiger partial charge < -0.3 is 14.6 Å². The monoisotopic (exact) mass is 670 g/mol. The second-order valence-electron chi connectivity index (χ2n) is 16.4. The van der Waals surface area contributed by atoms with E-state index in [0.717, 1.165) is 42.6 Å². The molecule has 0 spiro atoms. The molecule has 3 saturated carbocycles. The Morgan fingerprint density at radius 2 is 1.79 bits per heavy atom. The minimum absolute atomic E-state index is 0.0667. The number of allylic oxidation sites excluding steroid dienone is 3. The number of carbonyl (C=O) groups is 1. The smallest absolute Gasteiger partial charge is 0.302 e. The standard InChI is InChI=1S/C42H67ClO4/c1-9-37(33-15-11-16-33)31(6)40(35-20-21-35)39(43)25-27(2)13-10-14-28(3)41-29(4)19-22-38(34-17-12-18-34)42(8,45)24-23-36(47-32(7)44)26-30(5)46-41/h10,13-14,19,22,27,29,31,33-41,45H,5,9,11-12,15-18,20-21,23-26H2,1-4,6-8H3/b13-10+,22-19+,28-14+. The quantitative estimate of drug-likeness (QED) is 0.0917. The summed E-state index contributed by atoms with van der Waals surface area (Å²) < 4.78 is 12.2. The molecule has 0 aromatic heterocycles. The SMILES string of the molecule is C=C1CC(OC(C)=O)CCC(C)(O)C(C2CCC2)/C=C/C(C)C(/C(C)=C/C=C/C(C)CC(Cl)C(C2CC2)C(C)C(CC)C2CCC2)O1. The highest BCUT2D eigenvalue weighted by atomic mass is 35.5. The third kappa shape index (κ3) is 10.7. The fourth-order valence-corrected chi connectivity index (χ4v) is 9.84. The number of esters is 1. The zero-order chi connectivity index (χ0) is 34.3. The number of hydrogen-bond acceptors (Lipinski definition) is 4. The first kappa shape index (κ1) is 38.3. The van der Waals surface area contributed by atoms with Crippen molar-refractivity contribution in [2.24, 2.45) is 53.3 Å². The highest BCUT2D eigenvalue weighted by Crippen LogP contribution is 2.51. The summed E-state index contributed by atoms with van der Waals surface area (Å²) in [4.78, 5) is 11.9. The third-order valence-corrected chi connectivity index (χ3v) is 12.9. The van der Waals surface area contributed by atoms with Gasteiger partial charge in [0, 0.05) is 30.6 Å². The third-order valence-electron chi connectivity index (χ3n) is 12.5. The van der Waals surface area contributed by atoms with E-state index in [-0.39, 0.29) is 35.4 Å². The molecule has 266 valence electrons. The molecule has 1 aliphatic heterocycles. The van der Waals surface area contributed by atoms with Gasteiger partial charge in [0.2, 0.25) is 0 Å². The summed E-state index contributed by atoms with van der Waals surface area (Å²) in [6.45, 7) is 19.1. The van der Waals surface area contributed by atoms with Crippen LogP contribution >= 0.6 is 11.6 Å². The second-order valence-corrected chi connectivity index (χ2v) is 17.0. The van der Waals surface area contributed by atoms with Crippen LogP contribution in [0.1, 0.15) is 132 Å². The fraction of sp³-hybridized carbons (Fsp3) is 0.786. The summed E-state index contributed by atoms with van der Waals surface area (Å²) in [5, 5.41) is 11.9. The highest BCUT2D eigenvalue weighted by Gasteiger charge is 2.44. The van der Waals surface area contributed by atoms with Crippen LogP contribution in [0.4, 0.5) is 0 Å². The van der Waals surface area contributed by atoms with Crippen LogP contribution in [0, 0.1) is 53.3 Å². The first-order chi connectivity index (χ1) is 22.3. The lowest BCUT2D eigenvalue weighted by molar-refractivity contribution is -0.148. The molecule has 0 radical (unpaired) electrons. The number of carbonyl (C=O) groups excluding carboxylic acids is 1. The molecule has 0 bridgehead atoms. The van der Waals surface area contributed by atoms with E-state index < -0.39 is 5.60 Å². The largest absolute Gasteiger partial charge is 0.490 e. The number of aliphatic hydroxyl groups is 1. The number of ether oxygens (including phenoxy) is 2. The lowest BCUT2D eigenvalue weighted by atomic mass is 9.65. The van der Waals surface area contributed by atoms with Gasteiger partial charge in [-0.3, -0.25) is 4.79 Å². The van der Waals surface area contributed by atoms with Crippen LogP contribution in [-0.4, -0.2) is 34.3 Å². The van der Waals surface area contributed by atoms with E-state index in [2.05, 4.69) is 71.6 Å². The predicted molar refractivity (Wildman–Crippen MR) is 196 cm³/mol. The van der Waals surface area contributed by atoms with E-state index in [4.69, 9.17) is 21.1 Å². The van der Waals surface area contributed by atoms with Gasteiger partial charge in [0.1, 0.15) is 12.2 Å². The first-order valence-corrected chi connectivity index (χ1v) is 19.7. The molecular weight excluding hydrogens is 604 g/mol. The van der Waals surface area contributed by atoms with Crippen LogP contribution in [-0.2, 0) is 14.3 Å². The van der Waals surface area contributed by atoms with Gasteiger partial charge in [-0.1, -0.05) is 96.8 Å². The molecule has 0 aromatic carbocycles. The maximum atomic E-state index is 11.9. The molecule has 3 aliphatic carbocycles. The molecule has 4 nitrogen and oxygen atoms in total. The topological polar surface area (TPSA) is 55.8 Å². The van der Waals surface area contributed by atoms with Crippen molar-refractivity contribution < 1.29 is 19.4 Å². The van der Waals surface area contributed by atoms with Crippen molar-refractivity contribution in [3.05, 3.63) is 48.3 Å². The Balaban J connectivity index is 1.45. The molecule has 0 saturated heterocycles.